The molecular formula is C13H16ClN3O3. The van der Waals surface area contributed by atoms with Gasteiger partial charge < -0.3 is 9.80 Å². The van der Waals surface area contributed by atoms with Gasteiger partial charge in [-0.15, -0.1) is 0 Å². The molecule has 1 heterocycles. The van der Waals surface area contributed by atoms with Crippen molar-refractivity contribution in [2.24, 2.45) is 0 Å². The number of benzene rings is 1. The van der Waals surface area contributed by atoms with E-state index in [9.17, 15) is 14.9 Å². The number of nitrogens with zero attached hydrogens (tertiary/aromatic N) is 3. The molecule has 0 aliphatic carbocycles. The molecule has 0 radical (unpaired) electrons. The first-order valence-corrected chi connectivity index (χ1v) is 6.67. The number of likely N-dealkylation sites (N-methyl/N-ethyl adjacent to an activating group) is 2. The van der Waals surface area contributed by atoms with Crippen LogP contribution >= 0.6 is 11.6 Å². The molecule has 0 spiro atoms. The van der Waals surface area contributed by atoms with Crippen LogP contribution in [-0.4, -0.2) is 48.3 Å². The predicted molar refractivity (Wildman–Crippen MR) is 77.6 cm³/mol. The quantitative estimate of drug-likeness (QED) is 0.484. The number of carbonyl (C=O) groups is 1. The van der Waals surface area contributed by atoms with Crippen molar-refractivity contribution < 1.29 is 9.72 Å². The Bertz CT molecular complexity index is 550. The second-order valence-corrected chi connectivity index (χ2v) is 5.39. The van der Waals surface area contributed by atoms with Crippen molar-refractivity contribution in [2.45, 2.75) is 12.5 Å². The maximum absolute atomic E-state index is 11.2. The van der Waals surface area contributed by atoms with Crippen LogP contribution < -0.4 is 4.90 Å². The van der Waals surface area contributed by atoms with Gasteiger partial charge in [0.25, 0.3) is 10.9 Å². The Kier molecular flexibility index (Phi) is 4.25. The van der Waals surface area contributed by atoms with Gasteiger partial charge in [0, 0.05) is 31.4 Å². The van der Waals surface area contributed by atoms with Gasteiger partial charge in [-0.3, -0.25) is 14.9 Å². The highest BCUT2D eigenvalue weighted by Crippen LogP contribution is 2.28. The second kappa shape index (κ2) is 5.76. The van der Waals surface area contributed by atoms with E-state index in [4.69, 9.17) is 11.6 Å². The summed E-state index contributed by atoms with van der Waals surface area (Å²) in [6.45, 7) is 1.93. The monoisotopic (exact) mass is 297 g/mol. The third-order valence-corrected chi connectivity index (χ3v) is 3.91. The predicted octanol–water partition coefficient (Wildman–Crippen LogP) is 2.11. The molecule has 108 valence electrons. The van der Waals surface area contributed by atoms with Crippen molar-refractivity contribution in [1.82, 2.24) is 4.90 Å². The van der Waals surface area contributed by atoms with E-state index in [2.05, 4.69) is 4.90 Å². The Morgan fingerprint density at radius 2 is 2.25 bits per heavy atom. The molecule has 2 rings (SSSR count). The van der Waals surface area contributed by atoms with E-state index < -0.39 is 10.2 Å². The largest absolute Gasteiger partial charge is 0.370 e. The average Bonchev–Trinajstić information content (AvgIpc) is 2.83. The fraction of sp³-hybridized carbons (Fsp3) is 0.462. The molecule has 1 aliphatic heterocycles. The summed E-state index contributed by atoms with van der Waals surface area (Å²) in [6, 6.07) is 4.84. The molecule has 1 atom stereocenters. The fourth-order valence-corrected chi connectivity index (χ4v) is 2.66. The van der Waals surface area contributed by atoms with Crippen LogP contribution in [0.15, 0.2) is 18.2 Å². The molecule has 0 amide bonds. The Morgan fingerprint density at radius 3 is 2.75 bits per heavy atom. The van der Waals surface area contributed by atoms with Crippen LogP contribution in [0.2, 0.25) is 0 Å². The number of likely N-dealkylation sites (tertiary alicyclic amines) is 1. The van der Waals surface area contributed by atoms with Crippen molar-refractivity contribution in [3.63, 3.8) is 0 Å². The van der Waals surface area contributed by atoms with Gasteiger partial charge in [0.2, 0.25) is 0 Å². The van der Waals surface area contributed by atoms with Crippen molar-refractivity contribution in [3.05, 3.63) is 33.9 Å². The highest BCUT2D eigenvalue weighted by atomic mass is 35.5. The van der Waals surface area contributed by atoms with Gasteiger partial charge in [-0.05, 0) is 43.7 Å². The lowest BCUT2D eigenvalue weighted by Gasteiger charge is -2.26. The van der Waals surface area contributed by atoms with E-state index in [0.29, 0.717) is 6.04 Å². The van der Waals surface area contributed by atoms with Crippen LogP contribution in [0.1, 0.15) is 16.8 Å². The van der Waals surface area contributed by atoms with Gasteiger partial charge in [0.15, 0.2) is 0 Å². The van der Waals surface area contributed by atoms with Gasteiger partial charge in [0.1, 0.15) is 5.56 Å². The third kappa shape index (κ3) is 2.91. The molecule has 0 aromatic heterocycles. The third-order valence-electron chi connectivity index (χ3n) is 3.71. The first-order valence-electron chi connectivity index (χ1n) is 6.30. The summed E-state index contributed by atoms with van der Waals surface area (Å²) in [5, 5.41) is 10.2. The van der Waals surface area contributed by atoms with Crippen LogP contribution in [0, 0.1) is 10.1 Å². The Morgan fingerprint density at radius 1 is 1.55 bits per heavy atom. The van der Waals surface area contributed by atoms with E-state index in [1.54, 1.807) is 6.07 Å². The minimum absolute atomic E-state index is 0.0719. The first kappa shape index (κ1) is 14.7. The Labute approximate surface area is 122 Å². The van der Waals surface area contributed by atoms with Gasteiger partial charge >= 0.3 is 0 Å². The van der Waals surface area contributed by atoms with E-state index >= 15 is 0 Å². The fourth-order valence-electron chi connectivity index (χ4n) is 2.50. The molecule has 1 aliphatic rings. The molecule has 6 nitrogen and oxygen atoms in total. The maximum Gasteiger partial charge on any atom is 0.283 e. The highest BCUT2D eigenvalue weighted by Gasteiger charge is 2.26. The average molecular weight is 298 g/mol. The van der Waals surface area contributed by atoms with E-state index in [0.717, 1.165) is 25.2 Å². The number of nitro groups is 1. The number of nitro benzene ring substituents is 1. The van der Waals surface area contributed by atoms with Gasteiger partial charge in [0.05, 0.1) is 4.92 Å². The number of hydrogen-bond acceptors (Lipinski definition) is 5. The van der Waals surface area contributed by atoms with Gasteiger partial charge in [-0.25, -0.2) is 0 Å². The SMILES string of the molecule is CN1CCC(N(C)c2ccc(C(=O)Cl)c([N+](=O)[O-])c2)C1. The van der Waals surface area contributed by atoms with Crippen molar-refractivity contribution in [1.29, 1.82) is 0 Å². The standard InChI is InChI=1S/C13H16ClN3O3/c1-15-6-5-10(8-15)16(2)9-3-4-11(13(14)18)12(7-9)17(19)20/h3-4,7,10H,5-6,8H2,1-2H3. The van der Waals surface area contributed by atoms with Crippen molar-refractivity contribution >= 4 is 28.2 Å². The van der Waals surface area contributed by atoms with Crippen LogP contribution in [-0.2, 0) is 0 Å². The summed E-state index contributed by atoms with van der Waals surface area (Å²) in [6.07, 6.45) is 1.01. The maximum atomic E-state index is 11.2. The van der Waals surface area contributed by atoms with E-state index in [1.807, 2.05) is 19.0 Å². The molecule has 1 unspecified atom stereocenters. The van der Waals surface area contributed by atoms with Gasteiger partial charge in [-0.1, -0.05) is 0 Å². The second-order valence-electron chi connectivity index (χ2n) is 5.05. The smallest absolute Gasteiger partial charge is 0.283 e. The number of hydrogen-bond donors (Lipinski definition) is 0. The molecule has 1 aromatic carbocycles. The molecule has 0 N–H and O–H groups in total. The van der Waals surface area contributed by atoms with Crippen LogP contribution in [0.3, 0.4) is 0 Å². The number of carbonyl (C=O) groups excluding carboxylic acids is 1. The summed E-state index contributed by atoms with van der Waals surface area (Å²) in [4.78, 5) is 25.9. The molecule has 20 heavy (non-hydrogen) atoms. The van der Waals surface area contributed by atoms with Crippen LogP contribution in [0.25, 0.3) is 0 Å². The summed E-state index contributed by atoms with van der Waals surface area (Å²) >= 11 is 5.37. The number of halogens is 1. The molecule has 0 saturated carbocycles. The summed E-state index contributed by atoms with van der Waals surface area (Å²) in [5.74, 6) is 0. The molecular weight excluding hydrogens is 282 g/mol. The van der Waals surface area contributed by atoms with E-state index in [-0.39, 0.29) is 11.3 Å². The number of rotatable bonds is 4. The molecule has 1 aromatic rings. The normalized spacial score (nSPS) is 19.1. The molecule has 7 heteroatoms. The zero-order valence-corrected chi connectivity index (χ0v) is 12.1. The topological polar surface area (TPSA) is 66.7 Å². The van der Waals surface area contributed by atoms with Crippen LogP contribution in [0.4, 0.5) is 11.4 Å². The van der Waals surface area contributed by atoms with Crippen molar-refractivity contribution in [3.8, 4) is 0 Å². The van der Waals surface area contributed by atoms with Crippen molar-refractivity contribution in [2.75, 3.05) is 32.1 Å². The lowest BCUT2D eigenvalue weighted by molar-refractivity contribution is -0.385. The Balaban J connectivity index is 2.31. The first-order chi connectivity index (χ1) is 9.40. The lowest BCUT2D eigenvalue weighted by atomic mass is 10.1. The van der Waals surface area contributed by atoms with Crippen LogP contribution in [0.5, 0.6) is 0 Å². The zero-order valence-electron chi connectivity index (χ0n) is 11.4. The minimum atomic E-state index is -0.813. The number of anilines is 1. The molecule has 1 saturated heterocycles. The van der Waals surface area contributed by atoms with Gasteiger partial charge in [-0.2, -0.15) is 0 Å². The Hall–Kier alpha value is -1.66. The molecule has 1 fully saturated rings. The lowest BCUT2D eigenvalue weighted by Crippen LogP contribution is -2.33. The highest BCUT2D eigenvalue weighted by molar-refractivity contribution is 6.68. The summed E-state index contributed by atoms with van der Waals surface area (Å²) in [7, 11) is 3.95. The summed E-state index contributed by atoms with van der Waals surface area (Å²) in [5.41, 5.74) is 0.400. The van der Waals surface area contributed by atoms with E-state index in [1.165, 1.54) is 12.1 Å². The molecule has 0 bridgehead atoms. The summed E-state index contributed by atoms with van der Waals surface area (Å²) < 4.78 is 0. The zero-order chi connectivity index (χ0) is 14.9. The minimum Gasteiger partial charge on any atom is -0.370 e.